The molecule has 1 fully saturated rings. The summed E-state index contributed by atoms with van der Waals surface area (Å²) < 4.78 is 0. The first-order chi connectivity index (χ1) is 3.93. The first-order valence-corrected chi connectivity index (χ1v) is 3.37. The van der Waals surface area contributed by atoms with Gasteiger partial charge in [-0.05, 0) is 32.4 Å². The number of halogens is 2. The monoisotopic (exact) mass is 186 g/mol. The minimum absolute atomic E-state index is 0. The van der Waals surface area contributed by atoms with Gasteiger partial charge in [-0.3, -0.25) is 0 Å². The largest absolute Gasteiger partial charge is 0.330 e. The lowest BCUT2D eigenvalue weighted by molar-refractivity contribution is 0.566. The molecule has 64 valence electrons. The van der Waals surface area contributed by atoms with Crippen molar-refractivity contribution in [2.75, 3.05) is 13.1 Å². The second kappa shape index (κ2) is 7.61. The third-order valence-electron chi connectivity index (χ3n) is 1.68. The van der Waals surface area contributed by atoms with Crippen LogP contribution in [-0.2, 0) is 0 Å². The first-order valence-electron chi connectivity index (χ1n) is 3.37. The standard InChI is InChI=1S/C6H14N2.2ClH/c7-4-3-6-2-1-5-8-6;;/h6,8H,1-5,7H2;2*1H. The Morgan fingerprint density at radius 3 is 2.50 bits per heavy atom. The Labute approximate surface area is 74.8 Å². The summed E-state index contributed by atoms with van der Waals surface area (Å²) in [5.41, 5.74) is 5.37. The maximum absolute atomic E-state index is 5.37. The van der Waals surface area contributed by atoms with Crippen molar-refractivity contribution in [3.63, 3.8) is 0 Å². The summed E-state index contributed by atoms with van der Waals surface area (Å²) in [6.45, 7) is 2.03. The van der Waals surface area contributed by atoms with Gasteiger partial charge in [-0.2, -0.15) is 0 Å². The van der Waals surface area contributed by atoms with Crippen molar-refractivity contribution in [2.45, 2.75) is 25.3 Å². The quantitative estimate of drug-likeness (QED) is 0.674. The predicted molar refractivity (Wildman–Crippen MR) is 49.2 cm³/mol. The van der Waals surface area contributed by atoms with E-state index in [0.717, 1.165) is 19.0 Å². The smallest absolute Gasteiger partial charge is 0.00795 e. The van der Waals surface area contributed by atoms with E-state index in [1.54, 1.807) is 0 Å². The fraction of sp³-hybridized carbons (Fsp3) is 1.00. The van der Waals surface area contributed by atoms with Crippen molar-refractivity contribution >= 4 is 24.8 Å². The van der Waals surface area contributed by atoms with E-state index < -0.39 is 0 Å². The zero-order valence-corrected chi connectivity index (χ0v) is 7.64. The van der Waals surface area contributed by atoms with Gasteiger partial charge in [0.2, 0.25) is 0 Å². The van der Waals surface area contributed by atoms with Crippen molar-refractivity contribution < 1.29 is 0 Å². The maximum Gasteiger partial charge on any atom is 0.00795 e. The van der Waals surface area contributed by atoms with Crippen molar-refractivity contribution in [2.24, 2.45) is 5.73 Å². The predicted octanol–water partition coefficient (Wildman–Crippen LogP) is 0.931. The highest BCUT2D eigenvalue weighted by atomic mass is 35.5. The summed E-state index contributed by atoms with van der Waals surface area (Å²) in [7, 11) is 0. The first kappa shape index (κ1) is 13.1. The molecule has 1 unspecified atom stereocenters. The fourth-order valence-corrected chi connectivity index (χ4v) is 1.20. The van der Waals surface area contributed by atoms with Gasteiger partial charge in [0.15, 0.2) is 0 Å². The highest BCUT2D eigenvalue weighted by molar-refractivity contribution is 5.85. The van der Waals surface area contributed by atoms with E-state index in [1.165, 1.54) is 19.4 Å². The third-order valence-corrected chi connectivity index (χ3v) is 1.68. The highest BCUT2D eigenvalue weighted by Crippen LogP contribution is 2.06. The molecule has 3 N–H and O–H groups in total. The van der Waals surface area contributed by atoms with E-state index >= 15 is 0 Å². The fourth-order valence-electron chi connectivity index (χ4n) is 1.20. The van der Waals surface area contributed by atoms with Crippen LogP contribution in [0, 0.1) is 0 Å². The zero-order valence-electron chi connectivity index (χ0n) is 6.01. The Morgan fingerprint density at radius 1 is 1.40 bits per heavy atom. The van der Waals surface area contributed by atoms with Gasteiger partial charge in [0, 0.05) is 6.04 Å². The molecule has 0 amide bonds. The summed E-state index contributed by atoms with van der Waals surface area (Å²) in [5.74, 6) is 0. The van der Waals surface area contributed by atoms with Gasteiger partial charge < -0.3 is 11.1 Å². The summed E-state index contributed by atoms with van der Waals surface area (Å²) in [5, 5.41) is 3.38. The van der Waals surface area contributed by atoms with Gasteiger partial charge in [-0.1, -0.05) is 0 Å². The lowest BCUT2D eigenvalue weighted by Crippen LogP contribution is -2.24. The van der Waals surface area contributed by atoms with E-state index in [-0.39, 0.29) is 24.8 Å². The summed E-state index contributed by atoms with van der Waals surface area (Å²) in [6.07, 6.45) is 3.82. The molecule has 0 aromatic carbocycles. The second-order valence-electron chi connectivity index (χ2n) is 2.37. The maximum atomic E-state index is 5.37. The SMILES string of the molecule is Cl.Cl.NCCC1CCCN1. The Kier molecular flexibility index (Phi) is 9.97. The summed E-state index contributed by atoms with van der Waals surface area (Å²) >= 11 is 0. The molecular weight excluding hydrogens is 171 g/mol. The molecule has 1 atom stereocenters. The average Bonchev–Trinajstić information content (AvgIpc) is 2.19. The van der Waals surface area contributed by atoms with Crippen LogP contribution in [0.15, 0.2) is 0 Å². The Hall–Kier alpha value is 0.500. The van der Waals surface area contributed by atoms with Crippen molar-refractivity contribution in [3.05, 3.63) is 0 Å². The molecular formula is C6H16Cl2N2. The third kappa shape index (κ3) is 4.34. The number of rotatable bonds is 2. The molecule has 0 aliphatic carbocycles. The normalized spacial score (nSPS) is 23.1. The van der Waals surface area contributed by atoms with E-state index in [4.69, 9.17) is 5.73 Å². The molecule has 0 radical (unpaired) electrons. The molecule has 0 spiro atoms. The lowest BCUT2D eigenvalue weighted by Gasteiger charge is -2.05. The zero-order chi connectivity index (χ0) is 5.82. The van der Waals surface area contributed by atoms with Gasteiger partial charge in [-0.15, -0.1) is 24.8 Å². The molecule has 0 aromatic heterocycles. The van der Waals surface area contributed by atoms with E-state index in [2.05, 4.69) is 5.32 Å². The molecule has 1 saturated heterocycles. The molecule has 1 heterocycles. The molecule has 0 aromatic rings. The van der Waals surface area contributed by atoms with Gasteiger partial charge in [0.1, 0.15) is 0 Å². The minimum atomic E-state index is 0. The topological polar surface area (TPSA) is 38.0 Å². The van der Waals surface area contributed by atoms with Crippen LogP contribution in [0.4, 0.5) is 0 Å². The highest BCUT2D eigenvalue weighted by Gasteiger charge is 2.11. The van der Waals surface area contributed by atoms with Crippen molar-refractivity contribution in [1.29, 1.82) is 0 Å². The van der Waals surface area contributed by atoms with E-state index in [1.807, 2.05) is 0 Å². The van der Waals surface area contributed by atoms with Gasteiger partial charge in [0.25, 0.3) is 0 Å². The van der Waals surface area contributed by atoms with Crippen LogP contribution in [-0.4, -0.2) is 19.1 Å². The number of nitrogens with one attached hydrogen (secondary N) is 1. The lowest BCUT2D eigenvalue weighted by atomic mass is 10.2. The number of hydrogen-bond donors (Lipinski definition) is 2. The van der Waals surface area contributed by atoms with Gasteiger partial charge in [0.05, 0.1) is 0 Å². The van der Waals surface area contributed by atoms with Crippen LogP contribution < -0.4 is 11.1 Å². The summed E-state index contributed by atoms with van der Waals surface area (Å²) in [4.78, 5) is 0. The van der Waals surface area contributed by atoms with Crippen LogP contribution in [0.5, 0.6) is 0 Å². The average molecular weight is 187 g/mol. The molecule has 1 aliphatic rings. The molecule has 1 rings (SSSR count). The Bertz CT molecular complexity index is 64.8. The second-order valence-corrected chi connectivity index (χ2v) is 2.37. The van der Waals surface area contributed by atoms with Crippen LogP contribution in [0.3, 0.4) is 0 Å². The molecule has 10 heavy (non-hydrogen) atoms. The van der Waals surface area contributed by atoms with Crippen molar-refractivity contribution in [3.8, 4) is 0 Å². The Morgan fingerprint density at radius 2 is 2.10 bits per heavy atom. The van der Waals surface area contributed by atoms with Crippen LogP contribution in [0.25, 0.3) is 0 Å². The van der Waals surface area contributed by atoms with Crippen LogP contribution in [0.1, 0.15) is 19.3 Å². The van der Waals surface area contributed by atoms with Gasteiger partial charge >= 0.3 is 0 Å². The van der Waals surface area contributed by atoms with Gasteiger partial charge in [-0.25, -0.2) is 0 Å². The van der Waals surface area contributed by atoms with Crippen molar-refractivity contribution in [1.82, 2.24) is 5.32 Å². The molecule has 0 saturated carbocycles. The van der Waals surface area contributed by atoms with E-state index in [9.17, 15) is 0 Å². The molecule has 1 aliphatic heterocycles. The van der Waals surface area contributed by atoms with E-state index in [0.29, 0.717) is 0 Å². The molecule has 4 heteroatoms. The van der Waals surface area contributed by atoms with Crippen LogP contribution in [0.2, 0.25) is 0 Å². The Balaban J connectivity index is 0. The minimum Gasteiger partial charge on any atom is -0.330 e. The number of hydrogen-bond acceptors (Lipinski definition) is 2. The molecule has 2 nitrogen and oxygen atoms in total. The molecule has 0 bridgehead atoms. The number of nitrogens with two attached hydrogens (primary N) is 1. The summed E-state index contributed by atoms with van der Waals surface area (Å²) in [6, 6.07) is 0.736. The van der Waals surface area contributed by atoms with Crippen LogP contribution >= 0.6 is 24.8 Å².